The van der Waals surface area contributed by atoms with Gasteiger partial charge < -0.3 is 24.5 Å². The molecule has 0 unspecified atom stereocenters. The third-order valence-corrected chi connectivity index (χ3v) is 5.06. The molecule has 0 radical (unpaired) electrons. The molecule has 6 heteroatoms. The van der Waals surface area contributed by atoms with Crippen LogP contribution in [-0.2, 0) is 6.42 Å². The van der Waals surface area contributed by atoms with Crippen LogP contribution in [0.2, 0.25) is 0 Å². The Morgan fingerprint density at radius 3 is 2.33 bits per heavy atom. The molecule has 2 aromatic carbocycles. The largest absolute Gasteiger partial charge is 0.507 e. The van der Waals surface area contributed by atoms with Gasteiger partial charge in [-0.05, 0) is 52.2 Å². The zero-order valence-corrected chi connectivity index (χ0v) is 17.6. The SMILES string of the molecule is COc1cc(O)c2c(=O)c3c(O)ccc(O)c3oc2c1CC=C(C)CCC=C(C)C. The minimum atomic E-state index is -0.620. The number of benzene rings is 2. The smallest absolute Gasteiger partial charge is 0.208 e. The Morgan fingerprint density at radius 2 is 1.67 bits per heavy atom. The Balaban J connectivity index is 2.20. The number of allylic oxidation sites excluding steroid dienone is 4. The molecule has 0 saturated carbocycles. The van der Waals surface area contributed by atoms with Gasteiger partial charge in [-0.1, -0.05) is 23.3 Å². The Bertz CT molecular complexity index is 1230. The van der Waals surface area contributed by atoms with E-state index in [2.05, 4.69) is 19.9 Å². The van der Waals surface area contributed by atoms with E-state index in [0.717, 1.165) is 12.8 Å². The number of hydrogen-bond acceptors (Lipinski definition) is 6. The maximum absolute atomic E-state index is 13.0. The van der Waals surface area contributed by atoms with Gasteiger partial charge in [-0.3, -0.25) is 4.79 Å². The van der Waals surface area contributed by atoms with E-state index in [-0.39, 0.29) is 39.2 Å². The molecule has 0 aliphatic heterocycles. The lowest BCUT2D eigenvalue weighted by atomic mass is 10.0. The lowest BCUT2D eigenvalue weighted by Crippen LogP contribution is -2.05. The summed E-state index contributed by atoms with van der Waals surface area (Å²) >= 11 is 0. The quantitative estimate of drug-likeness (QED) is 0.289. The van der Waals surface area contributed by atoms with Crippen LogP contribution >= 0.6 is 0 Å². The molecule has 0 aliphatic rings. The average molecular weight is 410 g/mol. The predicted molar refractivity (Wildman–Crippen MR) is 118 cm³/mol. The van der Waals surface area contributed by atoms with Crippen LogP contribution < -0.4 is 10.2 Å². The minimum absolute atomic E-state index is 0.0604. The molecule has 30 heavy (non-hydrogen) atoms. The van der Waals surface area contributed by atoms with E-state index in [1.54, 1.807) is 0 Å². The number of rotatable bonds is 6. The summed E-state index contributed by atoms with van der Waals surface area (Å²) in [6.07, 6.45) is 6.44. The van der Waals surface area contributed by atoms with Crippen molar-refractivity contribution in [2.24, 2.45) is 0 Å². The molecular weight excluding hydrogens is 384 g/mol. The van der Waals surface area contributed by atoms with E-state index in [4.69, 9.17) is 9.15 Å². The van der Waals surface area contributed by atoms with Gasteiger partial charge in [0.25, 0.3) is 0 Å². The molecule has 3 rings (SSSR count). The van der Waals surface area contributed by atoms with Crippen LogP contribution in [0.1, 0.15) is 39.2 Å². The van der Waals surface area contributed by atoms with Crippen LogP contribution in [0.15, 0.2) is 50.7 Å². The molecule has 0 fully saturated rings. The Kier molecular flexibility index (Phi) is 6.06. The highest BCUT2D eigenvalue weighted by atomic mass is 16.5. The highest BCUT2D eigenvalue weighted by Crippen LogP contribution is 2.39. The van der Waals surface area contributed by atoms with E-state index < -0.39 is 5.43 Å². The van der Waals surface area contributed by atoms with Crippen LogP contribution in [0.3, 0.4) is 0 Å². The van der Waals surface area contributed by atoms with Crippen LogP contribution in [0.25, 0.3) is 21.9 Å². The van der Waals surface area contributed by atoms with Crippen LogP contribution in [0.5, 0.6) is 23.0 Å². The van der Waals surface area contributed by atoms with Crippen molar-refractivity contribution in [1.82, 2.24) is 0 Å². The first-order valence-corrected chi connectivity index (χ1v) is 9.73. The fourth-order valence-corrected chi connectivity index (χ4v) is 3.45. The molecule has 3 N–H and O–H groups in total. The molecule has 1 heterocycles. The zero-order chi connectivity index (χ0) is 22.0. The summed E-state index contributed by atoms with van der Waals surface area (Å²) in [6.45, 7) is 6.15. The van der Waals surface area contributed by atoms with Crippen molar-refractivity contribution >= 4 is 21.9 Å². The molecule has 0 amide bonds. The summed E-state index contributed by atoms with van der Waals surface area (Å²) < 4.78 is 11.3. The monoisotopic (exact) mass is 410 g/mol. The van der Waals surface area contributed by atoms with Gasteiger partial charge in [0.05, 0.1) is 7.11 Å². The molecule has 6 nitrogen and oxygen atoms in total. The number of phenolic OH excluding ortho intramolecular Hbond substituents is 3. The summed E-state index contributed by atoms with van der Waals surface area (Å²) in [4.78, 5) is 13.0. The number of ether oxygens (including phenoxy) is 1. The summed E-state index contributed by atoms with van der Waals surface area (Å²) in [6, 6.07) is 3.83. The second-order valence-electron chi connectivity index (χ2n) is 7.59. The van der Waals surface area contributed by atoms with Gasteiger partial charge >= 0.3 is 0 Å². The summed E-state index contributed by atoms with van der Waals surface area (Å²) in [5.74, 6) is -0.544. The molecular formula is C24H26O6. The maximum atomic E-state index is 13.0. The van der Waals surface area contributed by atoms with Gasteiger partial charge in [0, 0.05) is 11.6 Å². The first-order valence-electron chi connectivity index (χ1n) is 9.73. The Hall–Kier alpha value is -3.41. The molecule has 1 aromatic heterocycles. The first kappa shape index (κ1) is 21.3. The van der Waals surface area contributed by atoms with E-state index in [1.165, 1.54) is 36.5 Å². The lowest BCUT2D eigenvalue weighted by molar-refractivity contribution is 0.403. The van der Waals surface area contributed by atoms with Crippen LogP contribution in [-0.4, -0.2) is 22.4 Å². The standard InChI is InChI=1S/C24H26O6/c1-13(2)6-5-7-14(3)8-9-15-19(29-4)12-18(27)21-22(28)20-16(25)10-11-17(26)24(20)30-23(15)21/h6,8,10-12,25-27H,5,7,9H2,1-4H3. The lowest BCUT2D eigenvalue weighted by Gasteiger charge is -2.13. The average Bonchev–Trinajstić information content (AvgIpc) is 2.69. The predicted octanol–water partition coefficient (Wildman–Crippen LogP) is 5.31. The maximum Gasteiger partial charge on any atom is 0.208 e. The number of hydrogen-bond donors (Lipinski definition) is 3. The highest BCUT2D eigenvalue weighted by molar-refractivity contribution is 5.99. The molecule has 0 spiro atoms. The van der Waals surface area contributed by atoms with Crippen molar-refractivity contribution < 1.29 is 24.5 Å². The molecule has 0 aliphatic carbocycles. The van der Waals surface area contributed by atoms with E-state index in [9.17, 15) is 20.1 Å². The minimum Gasteiger partial charge on any atom is -0.507 e. The third kappa shape index (κ3) is 3.99. The Labute approximate surface area is 174 Å². The van der Waals surface area contributed by atoms with Gasteiger partial charge in [0.15, 0.2) is 11.3 Å². The summed E-state index contributed by atoms with van der Waals surface area (Å²) in [5.41, 5.74) is 2.38. The number of fused-ring (bicyclic) bond motifs is 2. The van der Waals surface area contributed by atoms with E-state index in [0.29, 0.717) is 17.7 Å². The fraction of sp³-hybridized carbons (Fsp3) is 0.292. The summed E-state index contributed by atoms with van der Waals surface area (Å²) in [5, 5.41) is 30.5. The van der Waals surface area contributed by atoms with E-state index in [1.807, 2.05) is 13.0 Å². The Morgan fingerprint density at radius 1 is 1.00 bits per heavy atom. The first-order chi connectivity index (χ1) is 14.2. The van der Waals surface area contributed by atoms with Crippen molar-refractivity contribution in [2.45, 2.75) is 40.0 Å². The second-order valence-corrected chi connectivity index (χ2v) is 7.59. The number of methoxy groups -OCH3 is 1. The molecule has 3 aromatic rings. The fourth-order valence-electron chi connectivity index (χ4n) is 3.45. The van der Waals surface area contributed by atoms with Crippen molar-refractivity contribution in [3.63, 3.8) is 0 Å². The van der Waals surface area contributed by atoms with Gasteiger partial charge in [0.1, 0.15) is 33.6 Å². The third-order valence-electron chi connectivity index (χ3n) is 5.06. The zero-order valence-electron chi connectivity index (χ0n) is 17.6. The molecule has 0 atom stereocenters. The topological polar surface area (TPSA) is 100 Å². The van der Waals surface area contributed by atoms with Crippen molar-refractivity contribution in [1.29, 1.82) is 0 Å². The van der Waals surface area contributed by atoms with Gasteiger partial charge in [-0.2, -0.15) is 0 Å². The van der Waals surface area contributed by atoms with Gasteiger partial charge in [-0.15, -0.1) is 0 Å². The molecule has 0 bridgehead atoms. The molecule has 158 valence electrons. The van der Waals surface area contributed by atoms with Crippen molar-refractivity contribution in [2.75, 3.05) is 7.11 Å². The van der Waals surface area contributed by atoms with Gasteiger partial charge in [0.2, 0.25) is 5.43 Å². The second kappa shape index (κ2) is 8.53. The molecule has 0 saturated heterocycles. The number of aromatic hydroxyl groups is 3. The summed E-state index contributed by atoms with van der Waals surface area (Å²) in [7, 11) is 1.47. The van der Waals surface area contributed by atoms with E-state index >= 15 is 0 Å². The van der Waals surface area contributed by atoms with Crippen molar-refractivity contribution in [3.05, 3.63) is 57.3 Å². The number of phenols is 3. The van der Waals surface area contributed by atoms with Crippen LogP contribution in [0, 0.1) is 0 Å². The van der Waals surface area contributed by atoms with Crippen molar-refractivity contribution in [3.8, 4) is 23.0 Å². The van der Waals surface area contributed by atoms with Gasteiger partial charge in [-0.25, -0.2) is 0 Å². The van der Waals surface area contributed by atoms with Crippen LogP contribution in [0.4, 0.5) is 0 Å². The highest BCUT2D eigenvalue weighted by Gasteiger charge is 2.22. The normalized spacial score (nSPS) is 11.8.